The average molecular weight is 371 g/mol. The Labute approximate surface area is 160 Å². The van der Waals surface area contributed by atoms with Crippen molar-refractivity contribution in [2.45, 2.75) is 45.6 Å². The quantitative estimate of drug-likeness (QED) is 0.882. The third-order valence-corrected chi connectivity index (χ3v) is 5.62. The largest absolute Gasteiger partial charge is 0.352 e. The number of nitrogens with one attached hydrogen (secondary N) is 1. The highest BCUT2D eigenvalue weighted by Gasteiger charge is 2.25. The van der Waals surface area contributed by atoms with E-state index in [1.807, 2.05) is 29.2 Å². The number of likely N-dealkylation sites (tertiary alicyclic amines) is 2. The fraction of sp³-hybridized carbons (Fsp3) is 0.571. The molecule has 2 aliphatic rings. The molecule has 27 heavy (non-hydrogen) atoms. The summed E-state index contributed by atoms with van der Waals surface area (Å²) in [6, 6.07) is 7.53. The second kappa shape index (κ2) is 9.02. The summed E-state index contributed by atoms with van der Waals surface area (Å²) < 4.78 is 0. The first kappa shape index (κ1) is 19.4. The minimum absolute atomic E-state index is 0.0273. The van der Waals surface area contributed by atoms with Crippen LogP contribution in [0.4, 0.5) is 0 Å². The molecule has 2 heterocycles. The molecular formula is C21H29N3O3. The molecule has 0 saturated carbocycles. The molecular weight excluding hydrogens is 342 g/mol. The summed E-state index contributed by atoms with van der Waals surface area (Å²) in [7, 11) is 0. The second-order valence-corrected chi connectivity index (χ2v) is 7.55. The van der Waals surface area contributed by atoms with Gasteiger partial charge in [0.15, 0.2) is 0 Å². The van der Waals surface area contributed by atoms with Crippen LogP contribution in [0.2, 0.25) is 0 Å². The van der Waals surface area contributed by atoms with Gasteiger partial charge >= 0.3 is 0 Å². The SMILES string of the molecule is CC(=O)N1CCC(C(=O)NCc2ccc(C(=O)N3CCCCC3)cc2)CC1. The van der Waals surface area contributed by atoms with E-state index in [-0.39, 0.29) is 23.6 Å². The minimum atomic E-state index is -0.0273. The van der Waals surface area contributed by atoms with Gasteiger partial charge in [-0.2, -0.15) is 0 Å². The van der Waals surface area contributed by atoms with Crippen LogP contribution in [0.15, 0.2) is 24.3 Å². The topological polar surface area (TPSA) is 69.7 Å². The zero-order valence-corrected chi connectivity index (χ0v) is 16.1. The lowest BCUT2D eigenvalue weighted by molar-refractivity contribution is -0.134. The van der Waals surface area contributed by atoms with Crippen molar-refractivity contribution in [3.05, 3.63) is 35.4 Å². The van der Waals surface area contributed by atoms with Crippen LogP contribution in [0.3, 0.4) is 0 Å². The number of piperidine rings is 2. The van der Waals surface area contributed by atoms with Gasteiger partial charge < -0.3 is 15.1 Å². The zero-order valence-electron chi connectivity index (χ0n) is 16.1. The van der Waals surface area contributed by atoms with Gasteiger partial charge in [-0.25, -0.2) is 0 Å². The minimum Gasteiger partial charge on any atom is -0.352 e. The molecule has 6 nitrogen and oxygen atoms in total. The van der Waals surface area contributed by atoms with Gasteiger partial charge in [0.1, 0.15) is 0 Å². The molecule has 0 aromatic heterocycles. The molecule has 3 rings (SSSR count). The Morgan fingerprint density at radius 1 is 0.926 bits per heavy atom. The maximum Gasteiger partial charge on any atom is 0.253 e. The highest BCUT2D eigenvalue weighted by molar-refractivity contribution is 5.94. The number of carbonyl (C=O) groups excluding carboxylic acids is 3. The summed E-state index contributed by atoms with van der Waals surface area (Å²) in [5, 5.41) is 2.99. The smallest absolute Gasteiger partial charge is 0.253 e. The Kier molecular flexibility index (Phi) is 6.48. The van der Waals surface area contributed by atoms with E-state index in [0.29, 0.717) is 38.0 Å². The fourth-order valence-electron chi connectivity index (χ4n) is 3.83. The van der Waals surface area contributed by atoms with Crippen LogP contribution in [0.25, 0.3) is 0 Å². The molecule has 0 radical (unpaired) electrons. The van der Waals surface area contributed by atoms with Crippen molar-refractivity contribution in [3.63, 3.8) is 0 Å². The Balaban J connectivity index is 1.46. The monoisotopic (exact) mass is 371 g/mol. The van der Waals surface area contributed by atoms with Gasteiger partial charge in [0, 0.05) is 51.1 Å². The molecule has 0 spiro atoms. The van der Waals surface area contributed by atoms with E-state index >= 15 is 0 Å². The van der Waals surface area contributed by atoms with Gasteiger partial charge in [0.05, 0.1) is 0 Å². The summed E-state index contributed by atoms with van der Waals surface area (Å²) in [5.74, 6) is 0.197. The Hall–Kier alpha value is -2.37. The number of hydrogen-bond acceptors (Lipinski definition) is 3. The van der Waals surface area contributed by atoms with Crippen LogP contribution >= 0.6 is 0 Å². The predicted octanol–water partition coefficient (Wildman–Crippen LogP) is 2.19. The predicted molar refractivity (Wildman–Crippen MR) is 103 cm³/mol. The number of nitrogens with zero attached hydrogens (tertiary/aromatic N) is 2. The van der Waals surface area contributed by atoms with Crippen LogP contribution in [0, 0.1) is 5.92 Å². The Bertz CT molecular complexity index is 672. The van der Waals surface area contributed by atoms with Gasteiger partial charge in [-0.3, -0.25) is 14.4 Å². The van der Waals surface area contributed by atoms with Crippen LogP contribution < -0.4 is 5.32 Å². The first-order valence-electron chi connectivity index (χ1n) is 9.96. The van der Waals surface area contributed by atoms with E-state index in [9.17, 15) is 14.4 Å². The summed E-state index contributed by atoms with van der Waals surface area (Å²) >= 11 is 0. The Morgan fingerprint density at radius 3 is 2.15 bits per heavy atom. The average Bonchev–Trinajstić information content (AvgIpc) is 2.72. The number of hydrogen-bond donors (Lipinski definition) is 1. The standard InChI is InChI=1S/C21H29N3O3/c1-16(25)23-13-9-18(10-14-23)20(26)22-15-17-5-7-19(8-6-17)21(27)24-11-3-2-4-12-24/h5-8,18H,2-4,9-15H2,1H3,(H,22,26). The van der Waals surface area contributed by atoms with Crippen molar-refractivity contribution in [1.82, 2.24) is 15.1 Å². The molecule has 0 atom stereocenters. The van der Waals surface area contributed by atoms with Crippen LogP contribution in [0.1, 0.15) is 54.9 Å². The number of benzene rings is 1. The molecule has 1 N–H and O–H groups in total. The molecule has 1 aromatic rings. The third-order valence-electron chi connectivity index (χ3n) is 5.62. The number of carbonyl (C=O) groups is 3. The number of amides is 3. The van der Waals surface area contributed by atoms with Gasteiger partial charge in [-0.05, 0) is 49.8 Å². The van der Waals surface area contributed by atoms with E-state index in [2.05, 4.69) is 5.32 Å². The molecule has 2 aliphatic heterocycles. The van der Waals surface area contributed by atoms with E-state index in [0.717, 1.165) is 31.5 Å². The van der Waals surface area contributed by atoms with Crippen LogP contribution in [-0.4, -0.2) is 53.7 Å². The third kappa shape index (κ3) is 5.08. The maximum atomic E-state index is 12.5. The van der Waals surface area contributed by atoms with Crippen molar-refractivity contribution in [1.29, 1.82) is 0 Å². The first-order valence-corrected chi connectivity index (χ1v) is 9.96. The van der Waals surface area contributed by atoms with E-state index in [1.165, 1.54) is 6.42 Å². The first-order chi connectivity index (χ1) is 13.0. The summed E-state index contributed by atoms with van der Waals surface area (Å²) in [4.78, 5) is 39.9. The summed E-state index contributed by atoms with van der Waals surface area (Å²) in [5.41, 5.74) is 1.70. The Morgan fingerprint density at radius 2 is 1.56 bits per heavy atom. The molecule has 2 fully saturated rings. The normalized spacial score (nSPS) is 18.3. The van der Waals surface area contributed by atoms with E-state index < -0.39 is 0 Å². The van der Waals surface area contributed by atoms with Crippen molar-refractivity contribution in [2.75, 3.05) is 26.2 Å². The summed E-state index contributed by atoms with van der Waals surface area (Å²) in [6.07, 6.45) is 4.81. The van der Waals surface area contributed by atoms with Gasteiger partial charge in [-0.15, -0.1) is 0 Å². The van der Waals surface area contributed by atoms with Crippen molar-refractivity contribution in [3.8, 4) is 0 Å². The summed E-state index contributed by atoms with van der Waals surface area (Å²) in [6.45, 7) is 5.03. The van der Waals surface area contributed by atoms with Crippen LogP contribution in [-0.2, 0) is 16.1 Å². The molecule has 0 bridgehead atoms. The van der Waals surface area contributed by atoms with Gasteiger partial charge in [-0.1, -0.05) is 12.1 Å². The van der Waals surface area contributed by atoms with Crippen LogP contribution in [0.5, 0.6) is 0 Å². The molecule has 3 amide bonds. The van der Waals surface area contributed by atoms with Gasteiger partial charge in [0.25, 0.3) is 5.91 Å². The molecule has 0 unspecified atom stereocenters. The van der Waals surface area contributed by atoms with Crippen molar-refractivity contribution in [2.24, 2.45) is 5.92 Å². The van der Waals surface area contributed by atoms with Gasteiger partial charge in [0.2, 0.25) is 11.8 Å². The van der Waals surface area contributed by atoms with E-state index in [4.69, 9.17) is 0 Å². The maximum absolute atomic E-state index is 12.5. The van der Waals surface area contributed by atoms with Crippen molar-refractivity contribution >= 4 is 17.7 Å². The van der Waals surface area contributed by atoms with E-state index in [1.54, 1.807) is 11.8 Å². The number of rotatable bonds is 4. The lowest BCUT2D eigenvalue weighted by Gasteiger charge is -2.30. The highest BCUT2D eigenvalue weighted by Crippen LogP contribution is 2.18. The zero-order chi connectivity index (χ0) is 19.2. The molecule has 6 heteroatoms. The highest BCUT2D eigenvalue weighted by atomic mass is 16.2. The molecule has 2 saturated heterocycles. The lowest BCUT2D eigenvalue weighted by atomic mass is 9.96. The van der Waals surface area contributed by atoms with Crippen molar-refractivity contribution < 1.29 is 14.4 Å². The molecule has 1 aromatic carbocycles. The molecule has 146 valence electrons. The fourth-order valence-corrected chi connectivity index (χ4v) is 3.83. The second-order valence-electron chi connectivity index (χ2n) is 7.55. The molecule has 0 aliphatic carbocycles. The lowest BCUT2D eigenvalue weighted by Crippen LogP contribution is -2.42.